The summed E-state index contributed by atoms with van der Waals surface area (Å²) in [7, 11) is 1.61. The number of ether oxygens (including phenoxy) is 1. The topological polar surface area (TPSA) is 61.8 Å². The first-order chi connectivity index (χ1) is 11.5. The number of hydrogen-bond acceptors (Lipinski definition) is 3. The number of nitrogens with zero attached hydrogens (tertiary/aromatic N) is 1. The molecule has 1 atom stereocenters. The predicted octanol–water partition coefficient (Wildman–Crippen LogP) is 3.38. The van der Waals surface area contributed by atoms with Gasteiger partial charge < -0.3 is 20.1 Å². The van der Waals surface area contributed by atoms with Crippen molar-refractivity contribution in [3.8, 4) is 0 Å². The molecule has 1 unspecified atom stereocenters. The Morgan fingerprint density at radius 2 is 2.00 bits per heavy atom. The summed E-state index contributed by atoms with van der Waals surface area (Å²) in [4.78, 5) is 13.5. The first-order valence-electron chi connectivity index (χ1n) is 7.62. The van der Waals surface area contributed by atoms with Crippen LogP contribution in [0, 0.1) is 0 Å². The monoisotopic (exact) mass is 348 g/mol. The molecule has 0 saturated heterocycles. The van der Waals surface area contributed by atoms with Gasteiger partial charge in [0.2, 0.25) is 0 Å². The van der Waals surface area contributed by atoms with Crippen LogP contribution >= 0.6 is 11.6 Å². The number of aliphatic hydroxyl groups is 1. The molecule has 2 aromatic carbocycles. The molecule has 0 bridgehead atoms. The van der Waals surface area contributed by atoms with Gasteiger partial charge in [-0.1, -0.05) is 48.0 Å². The third-order valence-electron chi connectivity index (χ3n) is 3.33. The molecule has 0 aliphatic heterocycles. The number of hydrogen-bond donors (Lipinski definition) is 2. The van der Waals surface area contributed by atoms with Crippen molar-refractivity contribution in [3.63, 3.8) is 0 Å². The SMILES string of the molecule is CN(CC(O)COCc1ccccc1)C(=O)Nc1cccc(Cl)c1. The molecule has 0 fully saturated rings. The van der Waals surface area contributed by atoms with Crippen LogP contribution in [0.5, 0.6) is 0 Å². The van der Waals surface area contributed by atoms with Crippen LogP contribution in [-0.2, 0) is 11.3 Å². The van der Waals surface area contributed by atoms with Crippen LogP contribution in [0.2, 0.25) is 5.02 Å². The van der Waals surface area contributed by atoms with E-state index < -0.39 is 6.10 Å². The van der Waals surface area contributed by atoms with Crippen molar-refractivity contribution in [2.24, 2.45) is 0 Å². The Morgan fingerprint density at radius 3 is 2.71 bits per heavy atom. The number of rotatable bonds is 7. The number of carbonyl (C=O) groups is 1. The second-order valence-electron chi connectivity index (χ2n) is 5.48. The summed E-state index contributed by atoms with van der Waals surface area (Å²) in [6.45, 7) is 0.751. The van der Waals surface area contributed by atoms with E-state index in [2.05, 4.69) is 5.32 Å². The maximum atomic E-state index is 12.1. The smallest absolute Gasteiger partial charge is 0.321 e. The lowest BCUT2D eigenvalue weighted by molar-refractivity contribution is 0.0188. The molecule has 6 heteroatoms. The van der Waals surface area contributed by atoms with Crippen molar-refractivity contribution in [2.45, 2.75) is 12.7 Å². The van der Waals surface area contributed by atoms with Gasteiger partial charge in [0.1, 0.15) is 0 Å². The summed E-state index contributed by atoms with van der Waals surface area (Å²) in [6.07, 6.45) is -0.760. The molecule has 24 heavy (non-hydrogen) atoms. The molecule has 0 spiro atoms. The fourth-order valence-corrected chi connectivity index (χ4v) is 2.31. The average molecular weight is 349 g/mol. The lowest BCUT2D eigenvalue weighted by Gasteiger charge is -2.21. The van der Waals surface area contributed by atoms with Gasteiger partial charge in [-0.2, -0.15) is 0 Å². The van der Waals surface area contributed by atoms with E-state index in [0.717, 1.165) is 5.56 Å². The summed E-state index contributed by atoms with van der Waals surface area (Å²) in [5, 5.41) is 13.3. The highest BCUT2D eigenvalue weighted by Gasteiger charge is 2.14. The molecule has 2 N–H and O–H groups in total. The van der Waals surface area contributed by atoms with Gasteiger partial charge in [0.15, 0.2) is 0 Å². The van der Waals surface area contributed by atoms with Gasteiger partial charge in [-0.3, -0.25) is 0 Å². The molecule has 0 aliphatic carbocycles. The van der Waals surface area contributed by atoms with E-state index in [1.807, 2.05) is 30.3 Å². The lowest BCUT2D eigenvalue weighted by Crippen LogP contribution is -2.38. The molecule has 0 aliphatic rings. The van der Waals surface area contributed by atoms with Crippen LogP contribution < -0.4 is 5.32 Å². The van der Waals surface area contributed by atoms with E-state index in [4.69, 9.17) is 16.3 Å². The second kappa shape index (κ2) is 9.27. The Morgan fingerprint density at radius 1 is 1.25 bits per heavy atom. The van der Waals surface area contributed by atoms with Gasteiger partial charge in [-0.25, -0.2) is 4.79 Å². The molecular formula is C18H21ClN2O3. The molecular weight excluding hydrogens is 328 g/mol. The number of nitrogens with one attached hydrogen (secondary N) is 1. The summed E-state index contributed by atoms with van der Waals surface area (Å²) in [5.41, 5.74) is 1.64. The van der Waals surface area contributed by atoms with Crippen LogP contribution in [0.15, 0.2) is 54.6 Å². The summed E-state index contributed by atoms with van der Waals surface area (Å²) >= 11 is 5.88. The van der Waals surface area contributed by atoms with E-state index in [1.165, 1.54) is 4.90 Å². The highest BCUT2D eigenvalue weighted by molar-refractivity contribution is 6.30. The van der Waals surface area contributed by atoms with Gasteiger partial charge in [0.05, 0.1) is 25.9 Å². The molecule has 2 amide bonds. The van der Waals surface area contributed by atoms with Gasteiger partial charge in [0.25, 0.3) is 0 Å². The Balaban J connectivity index is 1.72. The standard InChI is InChI=1S/C18H21ClN2O3/c1-21(18(23)20-16-9-5-8-15(19)10-16)11-17(22)13-24-12-14-6-3-2-4-7-14/h2-10,17,22H,11-13H2,1H3,(H,20,23). The Bertz CT molecular complexity index is 652. The highest BCUT2D eigenvalue weighted by atomic mass is 35.5. The number of benzene rings is 2. The Labute approximate surface area is 146 Å². The summed E-state index contributed by atoms with van der Waals surface area (Å²) in [5.74, 6) is 0. The number of amides is 2. The molecule has 0 radical (unpaired) electrons. The van der Waals surface area contributed by atoms with E-state index in [0.29, 0.717) is 17.3 Å². The summed E-state index contributed by atoms with van der Waals surface area (Å²) < 4.78 is 5.47. The summed E-state index contributed by atoms with van der Waals surface area (Å²) in [6, 6.07) is 16.3. The zero-order valence-electron chi connectivity index (χ0n) is 13.5. The third-order valence-corrected chi connectivity index (χ3v) is 3.56. The van der Waals surface area contributed by atoms with Crippen LogP contribution in [0.25, 0.3) is 0 Å². The number of carbonyl (C=O) groups excluding carboxylic acids is 1. The maximum Gasteiger partial charge on any atom is 0.321 e. The first-order valence-corrected chi connectivity index (χ1v) is 8.00. The third kappa shape index (κ3) is 6.20. The largest absolute Gasteiger partial charge is 0.389 e. The van der Waals surface area contributed by atoms with Crippen LogP contribution in [0.1, 0.15) is 5.56 Å². The van der Waals surface area contributed by atoms with E-state index >= 15 is 0 Å². The van der Waals surface area contributed by atoms with Gasteiger partial charge in [-0.05, 0) is 23.8 Å². The van der Waals surface area contributed by atoms with Crippen LogP contribution in [0.4, 0.5) is 10.5 Å². The number of anilines is 1. The molecule has 0 aromatic heterocycles. The maximum absolute atomic E-state index is 12.1. The molecule has 0 saturated carbocycles. The Kier molecular flexibility index (Phi) is 7.06. The van der Waals surface area contributed by atoms with Gasteiger partial charge in [-0.15, -0.1) is 0 Å². The van der Waals surface area contributed by atoms with E-state index in [9.17, 15) is 9.90 Å². The van der Waals surface area contributed by atoms with Crippen molar-refractivity contribution in [1.82, 2.24) is 4.90 Å². The number of likely N-dealkylation sites (N-methyl/N-ethyl adjacent to an activating group) is 1. The fraction of sp³-hybridized carbons (Fsp3) is 0.278. The van der Waals surface area contributed by atoms with E-state index in [-0.39, 0.29) is 19.2 Å². The van der Waals surface area contributed by atoms with Gasteiger partial charge in [0, 0.05) is 17.8 Å². The average Bonchev–Trinajstić information content (AvgIpc) is 2.55. The van der Waals surface area contributed by atoms with Gasteiger partial charge >= 0.3 is 6.03 Å². The minimum Gasteiger partial charge on any atom is -0.389 e. The number of halogens is 1. The molecule has 2 rings (SSSR count). The highest BCUT2D eigenvalue weighted by Crippen LogP contribution is 2.15. The van der Waals surface area contributed by atoms with E-state index in [1.54, 1.807) is 31.3 Å². The minimum absolute atomic E-state index is 0.156. The van der Waals surface area contributed by atoms with Crippen molar-refractivity contribution >= 4 is 23.3 Å². The van der Waals surface area contributed by atoms with Crippen LogP contribution in [0.3, 0.4) is 0 Å². The van der Waals surface area contributed by atoms with Crippen molar-refractivity contribution in [1.29, 1.82) is 0 Å². The van der Waals surface area contributed by atoms with Crippen LogP contribution in [-0.4, -0.2) is 42.3 Å². The van der Waals surface area contributed by atoms with Crippen molar-refractivity contribution in [3.05, 3.63) is 65.2 Å². The zero-order valence-corrected chi connectivity index (χ0v) is 14.2. The predicted molar refractivity (Wildman–Crippen MR) is 95.2 cm³/mol. The first kappa shape index (κ1) is 18.3. The molecule has 2 aromatic rings. The number of aliphatic hydroxyl groups excluding tert-OH is 1. The Hall–Kier alpha value is -2.08. The quantitative estimate of drug-likeness (QED) is 0.806. The second-order valence-corrected chi connectivity index (χ2v) is 5.91. The molecule has 128 valence electrons. The van der Waals surface area contributed by atoms with Crippen molar-refractivity contribution < 1.29 is 14.6 Å². The molecule has 5 nitrogen and oxygen atoms in total. The fourth-order valence-electron chi connectivity index (χ4n) is 2.12. The lowest BCUT2D eigenvalue weighted by atomic mass is 10.2. The zero-order chi connectivity index (χ0) is 17.4. The number of urea groups is 1. The normalized spacial score (nSPS) is 11.8. The minimum atomic E-state index is -0.760. The van der Waals surface area contributed by atoms with Crippen molar-refractivity contribution in [2.75, 3.05) is 25.5 Å². The molecule has 0 heterocycles.